The minimum absolute atomic E-state index is 0.0905. The van der Waals surface area contributed by atoms with Gasteiger partial charge in [0, 0.05) is 27.9 Å². The van der Waals surface area contributed by atoms with Crippen LogP contribution in [0.1, 0.15) is 22.2 Å². The molecule has 1 aliphatic heterocycles. The molecule has 1 unspecified atom stereocenters. The van der Waals surface area contributed by atoms with E-state index in [1.165, 1.54) is 30.6 Å². The zero-order chi connectivity index (χ0) is 25.6. The molecule has 4 aromatic rings. The van der Waals surface area contributed by atoms with Crippen LogP contribution in [0.15, 0.2) is 93.3 Å². The third-order valence-electron chi connectivity index (χ3n) is 5.53. The van der Waals surface area contributed by atoms with Gasteiger partial charge in [-0.05, 0) is 66.2 Å². The highest BCUT2D eigenvalue weighted by atomic mass is 79.9. The topological polar surface area (TPSA) is 92.9 Å². The van der Waals surface area contributed by atoms with Gasteiger partial charge in [-0.3, -0.25) is 19.5 Å². The Morgan fingerprint density at radius 2 is 1.75 bits per heavy atom. The molecular weight excluding hydrogens is 545 g/mol. The van der Waals surface area contributed by atoms with E-state index in [4.69, 9.17) is 4.42 Å². The number of anilines is 1. The standard InChI is InChI=1S/C25H14BrF3N2O5/c26-15-1-6-18-14(11-15)12-19(35-18)22(32)20-21(13-7-9-30-10-8-13)31(24(34)23(20)33)16-2-4-17(5-3-16)36-25(27,28)29/h1-12,21,33H. The van der Waals surface area contributed by atoms with Gasteiger partial charge in [0.1, 0.15) is 11.3 Å². The number of furan rings is 1. The number of halogens is 4. The van der Waals surface area contributed by atoms with Crippen molar-refractivity contribution in [2.24, 2.45) is 0 Å². The minimum Gasteiger partial charge on any atom is -0.503 e. The van der Waals surface area contributed by atoms with Gasteiger partial charge in [0.15, 0.2) is 11.5 Å². The van der Waals surface area contributed by atoms with Crippen molar-refractivity contribution in [3.05, 3.63) is 100 Å². The third kappa shape index (κ3) is 4.33. The predicted molar refractivity (Wildman–Crippen MR) is 125 cm³/mol. The molecule has 0 spiro atoms. The number of aliphatic hydroxyl groups excluding tert-OH is 1. The molecule has 182 valence electrons. The summed E-state index contributed by atoms with van der Waals surface area (Å²) in [6.45, 7) is 0. The molecule has 36 heavy (non-hydrogen) atoms. The second-order valence-corrected chi connectivity index (χ2v) is 8.70. The molecule has 1 atom stereocenters. The average Bonchev–Trinajstić information content (AvgIpc) is 3.37. The van der Waals surface area contributed by atoms with Crippen LogP contribution in [0.3, 0.4) is 0 Å². The first-order chi connectivity index (χ1) is 17.1. The molecule has 1 N–H and O–H groups in total. The third-order valence-corrected chi connectivity index (χ3v) is 6.02. The highest BCUT2D eigenvalue weighted by molar-refractivity contribution is 9.10. The van der Waals surface area contributed by atoms with Crippen molar-refractivity contribution in [1.82, 2.24) is 4.98 Å². The molecule has 2 aromatic carbocycles. The summed E-state index contributed by atoms with van der Waals surface area (Å²) in [6.07, 6.45) is -1.98. The lowest BCUT2D eigenvalue weighted by Gasteiger charge is -2.26. The fraction of sp³-hybridized carbons (Fsp3) is 0.0800. The van der Waals surface area contributed by atoms with Gasteiger partial charge >= 0.3 is 6.36 Å². The van der Waals surface area contributed by atoms with E-state index in [1.54, 1.807) is 30.3 Å². The number of ether oxygens (including phenoxy) is 1. The number of pyridine rings is 1. The Balaban J connectivity index is 1.58. The normalized spacial score (nSPS) is 16.2. The van der Waals surface area contributed by atoms with Crippen LogP contribution in [0.25, 0.3) is 11.0 Å². The Morgan fingerprint density at radius 1 is 1.06 bits per heavy atom. The summed E-state index contributed by atoms with van der Waals surface area (Å²) in [5.74, 6) is -2.98. The number of carbonyl (C=O) groups is 2. The SMILES string of the molecule is O=C(C1=C(O)C(=O)N(c2ccc(OC(F)(F)F)cc2)C1c1ccncc1)c1cc2cc(Br)ccc2o1. The number of amides is 1. The summed E-state index contributed by atoms with van der Waals surface area (Å²) in [7, 11) is 0. The van der Waals surface area contributed by atoms with Gasteiger partial charge in [0.05, 0.1) is 11.6 Å². The van der Waals surface area contributed by atoms with Crippen molar-refractivity contribution < 1.29 is 37.0 Å². The fourth-order valence-corrected chi connectivity index (χ4v) is 4.41. The maximum atomic E-state index is 13.6. The van der Waals surface area contributed by atoms with Crippen molar-refractivity contribution in [2.75, 3.05) is 4.90 Å². The second kappa shape index (κ2) is 8.83. The van der Waals surface area contributed by atoms with Crippen LogP contribution in [0.2, 0.25) is 0 Å². The summed E-state index contributed by atoms with van der Waals surface area (Å²) >= 11 is 3.35. The minimum atomic E-state index is -4.88. The first-order valence-corrected chi connectivity index (χ1v) is 11.2. The zero-order valence-electron chi connectivity index (χ0n) is 18.0. The van der Waals surface area contributed by atoms with E-state index in [0.717, 1.165) is 21.5 Å². The van der Waals surface area contributed by atoms with E-state index in [-0.39, 0.29) is 17.0 Å². The van der Waals surface area contributed by atoms with E-state index in [9.17, 15) is 27.9 Å². The number of Topliss-reactive ketones (excluding diaryl/α,β-unsaturated/α-hetero) is 1. The monoisotopic (exact) mass is 558 g/mol. The van der Waals surface area contributed by atoms with Crippen molar-refractivity contribution in [3.63, 3.8) is 0 Å². The van der Waals surface area contributed by atoms with Gasteiger partial charge in [0.2, 0.25) is 5.78 Å². The number of ketones is 1. The Kier molecular flexibility index (Phi) is 5.79. The van der Waals surface area contributed by atoms with Crippen LogP contribution >= 0.6 is 15.9 Å². The quantitative estimate of drug-likeness (QED) is 0.290. The highest BCUT2D eigenvalue weighted by Crippen LogP contribution is 2.42. The number of aliphatic hydroxyl groups is 1. The first-order valence-electron chi connectivity index (χ1n) is 10.4. The van der Waals surface area contributed by atoms with Crippen LogP contribution in [-0.4, -0.2) is 28.1 Å². The maximum absolute atomic E-state index is 13.6. The van der Waals surface area contributed by atoms with Gasteiger partial charge in [-0.1, -0.05) is 15.9 Å². The number of alkyl halides is 3. The van der Waals surface area contributed by atoms with Crippen LogP contribution in [0.4, 0.5) is 18.9 Å². The number of rotatable bonds is 5. The largest absolute Gasteiger partial charge is 0.573 e. The van der Waals surface area contributed by atoms with Gasteiger partial charge in [-0.2, -0.15) is 0 Å². The number of benzene rings is 2. The first kappa shape index (κ1) is 23.6. The summed E-state index contributed by atoms with van der Waals surface area (Å²) in [5, 5.41) is 11.4. The smallest absolute Gasteiger partial charge is 0.503 e. The van der Waals surface area contributed by atoms with Crippen molar-refractivity contribution >= 4 is 44.3 Å². The Labute approximate surface area is 209 Å². The number of hydrogen-bond donors (Lipinski definition) is 1. The molecular formula is C25H14BrF3N2O5. The predicted octanol–water partition coefficient (Wildman–Crippen LogP) is 6.27. The van der Waals surface area contributed by atoms with E-state index in [2.05, 4.69) is 25.7 Å². The fourth-order valence-electron chi connectivity index (χ4n) is 4.03. The Bertz CT molecular complexity index is 1510. The Hall–Kier alpha value is -4.12. The van der Waals surface area contributed by atoms with Crippen LogP contribution < -0.4 is 9.64 Å². The van der Waals surface area contributed by atoms with Crippen molar-refractivity contribution in [3.8, 4) is 5.75 Å². The molecule has 2 aromatic heterocycles. The van der Waals surface area contributed by atoms with Crippen LogP contribution in [0, 0.1) is 0 Å². The van der Waals surface area contributed by atoms with E-state index in [0.29, 0.717) is 16.5 Å². The summed E-state index contributed by atoms with van der Waals surface area (Å²) in [4.78, 5) is 31.8. The molecule has 0 aliphatic carbocycles. The second-order valence-electron chi connectivity index (χ2n) is 7.78. The van der Waals surface area contributed by atoms with E-state index < -0.39 is 35.6 Å². The number of nitrogens with zero attached hydrogens (tertiary/aromatic N) is 2. The van der Waals surface area contributed by atoms with Crippen molar-refractivity contribution in [2.45, 2.75) is 12.4 Å². The van der Waals surface area contributed by atoms with Gasteiger partial charge < -0.3 is 14.3 Å². The van der Waals surface area contributed by atoms with Gasteiger partial charge in [-0.25, -0.2) is 0 Å². The number of carbonyl (C=O) groups excluding carboxylic acids is 2. The molecule has 11 heteroatoms. The maximum Gasteiger partial charge on any atom is 0.573 e. The van der Waals surface area contributed by atoms with Gasteiger partial charge in [-0.15, -0.1) is 13.2 Å². The van der Waals surface area contributed by atoms with E-state index >= 15 is 0 Å². The van der Waals surface area contributed by atoms with Gasteiger partial charge in [0.25, 0.3) is 5.91 Å². The van der Waals surface area contributed by atoms with Crippen molar-refractivity contribution in [1.29, 1.82) is 0 Å². The number of aromatic nitrogens is 1. The lowest BCUT2D eigenvalue weighted by Crippen LogP contribution is -2.31. The van der Waals surface area contributed by atoms with Crippen LogP contribution in [0.5, 0.6) is 5.75 Å². The zero-order valence-corrected chi connectivity index (χ0v) is 19.6. The van der Waals surface area contributed by atoms with E-state index in [1.807, 2.05) is 0 Å². The Morgan fingerprint density at radius 3 is 2.42 bits per heavy atom. The molecule has 1 aliphatic rings. The molecule has 3 heterocycles. The number of hydrogen-bond acceptors (Lipinski definition) is 6. The highest BCUT2D eigenvalue weighted by Gasteiger charge is 2.45. The molecule has 0 radical (unpaired) electrons. The molecule has 0 saturated heterocycles. The average molecular weight is 559 g/mol. The lowest BCUT2D eigenvalue weighted by molar-refractivity contribution is -0.274. The molecule has 7 nitrogen and oxygen atoms in total. The molecule has 0 fully saturated rings. The molecule has 1 amide bonds. The molecule has 5 rings (SSSR count). The van der Waals surface area contributed by atoms with Crippen LogP contribution in [-0.2, 0) is 4.79 Å². The molecule has 0 saturated carbocycles. The molecule has 0 bridgehead atoms. The number of fused-ring (bicyclic) bond motifs is 1. The lowest BCUT2D eigenvalue weighted by atomic mass is 9.95. The summed E-state index contributed by atoms with van der Waals surface area (Å²) in [5.41, 5.74) is 0.780. The summed E-state index contributed by atoms with van der Waals surface area (Å²) in [6, 6.07) is 13.2. The summed E-state index contributed by atoms with van der Waals surface area (Å²) < 4.78 is 48.0.